The Hall–Kier alpha value is -1.16. The van der Waals surface area contributed by atoms with Crippen LogP contribution in [0, 0.1) is 0 Å². The summed E-state index contributed by atoms with van der Waals surface area (Å²) in [4.78, 5) is 2.01. The summed E-state index contributed by atoms with van der Waals surface area (Å²) in [7, 11) is 0. The van der Waals surface area contributed by atoms with Crippen LogP contribution in [0.4, 0.5) is 14.5 Å². The first-order chi connectivity index (χ1) is 7.65. The molecule has 88 valence electrons. The number of hydrogen-bond donors (Lipinski definition) is 1. The zero-order chi connectivity index (χ0) is 11.6. The molecule has 1 fully saturated rings. The third-order valence-corrected chi connectivity index (χ3v) is 3.00. The van der Waals surface area contributed by atoms with Gasteiger partial charge in [-0.05, 0) is 18.9 Å². The lowest BCUT2D eigenvalue weighted by molar-refractivity contribution is 0.00646. The van der Waals surface area contributed by atoms with Gasteiger partial charge in [-0.3, -0.25) is 0 Å². The Morgan fingerprint density at radius 3 is 2.44 bits per heavy atom. The van der Waals surface area contributed by atoms with Gasteiger partial charge in [0, 0.05) is 24.3 Å². The Labute approximate surface area is 94.0 Å². The Morgan fingerprint density at radius 2 is 1.81 bits per heavy atom. The molecule has 0 bridgehead atoms. The molecule has 0 radical (unpaired) electrons. The highest BCUT2D eigenvalue weighted by Gasteiger charge is 2.33. The zero-order valence-electron chi connectivity index (χ0n) is 9.13. The largest absolute Gasteiger partial charge is 0.371 e. The fraction of sp³-hybridized carbons (Fsp3) is 0.500. The summed E-state index contributed by atoms with van der Waals surface area (Å²) < 4.78 is 27.3. The highest BCUT2D eigenvalue weighted by atomic mass is 19.3. The average Bonchev–Trinajstić information content (AvgIpc) is 2.82. The normalized spacial score (nSPS) is 16.8. The van der Waals surface area contributed by atoms with E-state index in [1.54, 1.807) is 18.2 Å². The van der Waals surface area contributed by atoms with Gasteiger partial charge in [0.15, 0.2) is 0 Å². The number of nitrogens with zero attached hydrogens (tertiary/aromatic N) is 1. The fourth-order valence-electron chi connectivity index (χ4n) is 2.13. The standard InChI is InChI=1S/C12H16F2N2/c13-12(14,9-15)10-5-1-2-6-11(10)16-7-3-4-8-16/h1-2,5-6H,3-4,7-9,15H2. The Bertz CT molecular complexity index is 360. The molecule has 1 aromatic carbocycles. The number of hydrogen-bond acceptors (Lipinski definition) is 2. The van der Waals surface area contributed by atoms with Crippen LogP contribution in [-0.4, -0.2) is 19.6 Å². The van der Waals surface area contributed by atoms with E-state index in [2.05, 4.69) is 0 Å². The van der Waals surface area contributed by atoms with Gasteiger partial charge in [-0.15, -0.1) is 0 Å². The summed E-state index contributed by atoms with van der Waals surface area (Å²) in [6, 6.07) is 6.66. The highest BCUT2D eigenvalue weighted by Crippen LogP contribution is 2.35. The van der Waals surface area contributed by atoms with E-state index in [0.717, 1.165) is 25.9 Å². The van der Waals surface area contributed by atoms with Gasteiger partial charge in [0.05, 0.1) is 6.54 Å². The van der Waals surface area contributed by atoms with Crippen LogP contribution >= 0.6 is 0 Å². The maximum atomic E-state index is 13.6. The van der Waals surface area contributed by atoms with Gasteiger partial charge in [-0.2, -0.15) is 8.78 Å². The third-order valence-electron chi connectivity index (χ3n) is 3.00. The molecule has 1 aromatic rings. The molecule has 1 aliphatic heterocycles. The van der Waals surface area contributed by atoms with E-state index < -0.39 is 12.5 Å². The quantitative estimate of drug-likeness (QED) is 0.857. The lowest BCUT2D eigenvalue weighted by Gasteiger charge is -2.25. The van der Waals surface area contributed by atoms with Crippen LogP contribution in [0.1, 0.15) is 18.4 Å². The highest BCUT2D eigenvalue weighted by molar-refractivity contribution is 5.56. The van der Waals surface area contributed by atoms with Crippen molar-refractivity contribution in [1.82, 2.24) is 0 Å². The predicted octanol–water partition coefficient (Wildman–Crippen LogP) is 2.34. The summed E-state index contributed by atoms with van der Waals surface area (Å²) in [6.45, 7) is 1.08. The molecule has 2 N–H and O–H groups in total. The lowest BCUT2D eigenvalue weighted by atomic mass is 10.1. The molecule has 0 spiro atoms. The van der Waals surface area contributed by atoms with E-state index in [9.17, 15) is 8.78 Å². The molecule has 0 unspecified atom stereocenters. The molecule has 0 atom stereocenters. The van der Waals surface area contributed by atoms with E-state index >= 15 is 0 Å². The number of rotatable bonds is 3. The van der Waals surface area contributed by atoms with Crippen molar-refractivity contribution in [2.45, 2.75) is 18.8 Å². The molecule has 0 saturated carbocycles. The van der Waals surface area contributed by atoms with Crippen molar-refractivity contribution in [3.8, 4) is 0 Å². The van der Waals surface area contributed by atoms with E-state index in [-0.39, 0.29) is 5.56 Å². The van der Waals surface area contributed by atoms with Crippen molar-refractivity contribution in [1.29, 1.82) is 0 Å². The Morgan fingerprint density at radius 1 is 1.19 bits per heavy atom. The smallest absolute Gasteiger partial charge is 0.287 e. The second-order valence-corrected chi connectivity index (χ2v) is 4.12. The topological polar surface area (TPSA) is 29.3 Å². The zero-order valence-corrected chi connectivity index (χ0v) is 9.13. The van der Waals surface area contributed by atoms with Crippen molar-refractivity contribution in [2.24, 2.45) is 5.73 Å². The van der Waals surface area contributed by atoms with Crippen molar-refractivity contribution >= 4 is 5.69 Å². The van der Waals surface area contributed by atoms with Crippen molar-refractivity contribution in [3.05, 3.63) is 29.8 Å². The van der Waals surface area contributed by atoms with Gasteiger partial charge < -0.3 is 10.6 Å². The first-order valence-corrected chi connectivity index (χ1v) is 5.57. The lowest BCUT2D eigenvalue weighted by Crippen LogP contribution is -2.29. The van der Waals surface area contributed by atoms with Gasteiger partial charge in [0.2, 0.25) is 0 Å². The first kappa shape index (κ1) is 11.3. The van der Waals surface area contributed by atoms with Crippen LogP contribution in [0.15, 0.2) is 24.3 Å². The summed E-state index contributed by atoms with van der Waals surface area (Å²) in [5.41, 5.74) is 5.83. The number of alkyl halides is 2. The van der Waals surface area contributed by atoms with E-state index in [1.165, 1.54) is 6.07 Å². The van der Waals surface area contributed by atoms with Crippen molar-refractivity contribution in [2.75, 3.05) is 24.5 Å². The fourth-order valence-corrected chi connectivity index (χ4v) is 2.13. The molecule has 16 heavy (non-hydrogen) atoms. The number of para-hydroxylation sites is 1. The van der Waals surface area contributed by atoms with Gasteiger partial charge >= 0.3 is 0 Å². The molecule has 0 amide bonds. The SMILES string of the molecule is NCC(F)(F)c1ccccc1N1CCCC1. The predicted molar refractivity (Wildman–Crippen MR) is 60.8 cm³/mol. The molecule has 1 saturated heterocycles. The number of nitrogens with two attached hydrogens (primary N) is 1. The van der Waals surface area contributed by atoms with E-state index in [1.807, 2.05) is 4.90 Å². The molecule has 0 aliphatic carbocycles. The number of halogens is 2. The van der Waals surface area contributed by atoms with E-state index in [4.69, 9.17) is 5.73 Å². The molecule has 4 heteroatoms. The van der Waals surface area contributed by atoms with Gasteiger partial charge in [0.1, 0.15) is 0 Å². The van der Waals surface area contributed by atoms with Crippen LogP contribution in [-0.2, 0) is 5.92 Å². The third kappa shape index (κ3) is 2.02. The minimum absolute atomic E-state index is 0.0550. The molecule has 1 heterocycles. The Kier molecular flexibility index (Phi) is 3.10. The monoisotopic (exact) mass is 226 g/mol. The molecule has 2 nitrogen and oxygen atoms in total. The summed E-state index contributed by atoms with van der Waals surface area (Å²) in [6.07, 6.45) is 2.14. The summed E-state index contributed by atoms with van der Waals surface area (Å²) in [5, 5.41) is 0. The molecule has 2 rings (SSSR count). The van der Waals surface area contributed by atoms with E-state index in [0.29, 0.717) is 5.69 Å². The minimum atomic E-state index is -2.93. The maximum Gasteiger partial charge on any atom is 0.287 e. The van der Waals surface area contributed by atoms with Gasteiger partial charge in [-0.1, -0.05) is 18.2 Å². The van der Waals surface area contributed by atoms with Gasteiger partial charge in [0.25, 0.3) is 5.92 Å². The summed E-state index contributed by atoms with van der Waals surface area (Å²) in [5.74, 6) is -2.93. The molecular formula is C12H16F2N2. The minimum Gasteiger partial charge on any atom is -0.371 e. The molecular weight excluding hydrogens is 210 g/mol. The number of benzene rings is 1. The molecule has 1 aliphatic rings. The maximum absolute atomic E-state index is 13.6. The van der Waals surface area contributed by atoms with Crippen molar-refractivity contribution in [3.63, 3.8) is 0 Å². The van der Waals surface area contributed by atoms with Crippen molar-refractivity contribution < 1.29 is 8.78 Å². The second-order valence-electron chi connectivity index (χ2n) is 4.12. The average molecular weight is 226 g/mol. The van der Waals surface area contributed by atoms with Crippen LogP contribution in [0.3, 0.4) is 0 Å². The van der Waals surface area contributed by atoms with Crippen LogP contribution in [0.2, 0.25) is 0 Å². The van der Waals surface area contributed by atoms with Gasteiger partial charge in [-0.25, -0.2) is 0 Å². The Balaban J connectivity index is 2.37. The molecule has 0 aromatic heterocycles. The first-order valence-electron chi connectivity index (χ1n) is 5.57. The summed E-state index contributed by atoms with van der Waals surface area (Å²) >= 11 is 0. The number of anilines is 1. The second kappa shape index (κ2) is 4.37. The van der Waals surface area contributed by atoms with Crippen LogP contribution in [0.5, 0.6) is 0 Å². The van der Waals surface area contributed by atoms with Crippen LogP contribution in [0.25, 0.3) is 0 Å². The van der Waals surface area contributed by atoms with Crippen LogP contribution < -0.4 is 10.6 Å².